The second-order valence-corrected chi connectivity index (χ2v) is 5.89. The van der Waals surface area contributed by atoms with Crippen LogP contribution in [0.15, 0.2) is 42.5 Å². The highest BCUT2D eigenvalue weighted by Crippen LogP contribution is 2.23. The van der Waals surface area contributed by atoms with Crippen molar-refractivity contribution in [1.82, 2.24) is 0 Å². The van der Waals surface area contributed by atoms with Crippen LogP contribution in [0.5, 0.6) is 0 Å². The van der Waals surface area contributed by atoms with E-state index in [0.29, 0.717) is 11.3 Å². The molecule has 0 aromatic heterocycles. The molecule has 0 aliphatic carbocycles. The summed E-state index contributed by atoms with van der Waals surface area (Å²) >= 11 is 5.88. The van der Waals surface area contributed by atoms with E-state index in [1.165, 1.54) is 36.4 Å². The Bertz CT molecular complexity index is 835. The molecule has 2 amide bonds. The monoisotopic (exact) mass is 361 g/mol. The van der Waals surface area contributed by atoms with Crippen molar-refractivity contribution >= 4 is 35.1 Å². The molecule has 0 spiro atoms. The molecule has 0 bridgehead atoms. The highest BCUT2D eigenvalue weighted by atomic mass is 35.5. The maximum absolute atomic E-state index is 13.0. The van der Waals surface area contributed by atoms with Crippen LogP contribution in [0.25, 0.3) is 0 Å². The Balaban J connectivity index is 1.66. The number of benzene rings is 2. The van der Waals surface area contributed by atoms with Gasteiger partial charge in [-0.2, -0.15) is 0 Å². The summed E-state index contributed by atoms with van der Waals surface area (Å²) in [6.07, 6.45) is 0.391. The number of hydrogen-bond acceptors (Lipinski definition) is 4. The van der Waals surface area contributed by atoms with E-state index in [2.05, 4.69) is 0 Å². The van der Waals surface area contributed by atoms with Gasteiger partial charge in [-0.15, -0.1) is 0 Å². The number of carbonyl (C=O) groups excluding carboxylic acids is 3. The number of rotatable bonds is 4. The van der Waals surface area contributed by atoms with E-state index in [0.717, 1.165) is 11.0 Å². The lowest BCUT2D eigenvalue weighted by Gasteiger charge is -2.14. The molecule has 0 radical (unpaired) electrons. The molecule has 2 aromatic carbocycles. The first-order valence-electron chi connectivity index (χ1n) is 7.52. The third-order valence-electron chi connectivity index (χ3n) is 3.79. The minimum absolute atomic E-state index is 0.0944. The molecule has 128 valence electrons. The van der Waals surface area contributed by atoms with Crippen LogP contribution in [-0.4, -0.2) is 17.8 Å². The lowest BCUT2D eigenvalue weighted by molar-refractivity contribution is -0.121. The van der Waals surface area contributed by atoms with E-state index in [-0.39, 0.29) is 41.8 Å². The summed E-state index contributed by atoms with van der Waals surface area (Å²) < 4.78 is 18.1. The molecule has 1 saturated heterocycles. The second-order valence-electron chi connectivity index (χ2n) is 5.48. The van der Waals surface area contributed by atoms with E-state index >= 15 is 0 Å². The van der Waals surface area contributed by atoms with Crippen molar-refractivity contribution < 1.29 is 23.5 Å². The lowest BCUT2D eigenvalue weighted by Crippen LogP contribution is -2.28. The average molecular weight is 362 g/mol. The average Bonchev–Trinajstić information content (AvgIpc) is 2.92. The largest absolute Gasteiger partial charge is 0.457 e. The first-order chi connectivity index (χ1) is 12.0. The Labute approximate surface area is 147 Å². The normalized spacial score (nSPS) is 14.1. The van der Waals surface area contributed by atoms with Crippen molar-refractivity contribution in [2.45, 2.75) is 19.4 Å². The van der Waals surface area contributed by atoms with Crippen molar-refractivity contribution in [2.75, 3.05) is 4.90 Å². The molecule has 25 heavy (non-hydrogen) atoms. The van der Waals surface area contributed by atoms with Crippen LogP contribution in [0.4, 0.5) is 10.1 Å². The molecule has 0 atom stereocenters. The maximum atomic E-state index is 13.0. The molecule has 1 aliphatic rings. The molecule has 5 nitrogen and oxygen atoms in total. The van der Waals surface area contributed by atoms with Crippen molar-refractivity contribution in [3.05, 3.63) is 64.4 Å². The van der Waals surface area contributed by atoms with Gasteiger partial charge in [0.1, 0.15) is 12.4 Å². The third kappa shape index (κ3) is 3.69. The standard InChI is InChI=1S/C18H13ClFNO4/c19-15-9-13(20)4-1-12(15)10-25-18(24)11-2-5-14(6-3-11)21-16(22)7-8-17(21)23/h1-6,9H,7-8,10H2. The Kier molecular flexibility index (Phi) is 4.81. The Morgan fingerprint density at radius 2 is 1.72 bits per heavy atom. The maximum Gasteiger partial charge on any atom is 0.338 e. The van der Waals surface area contributed by atoms with Gasteiger partial charge in [0.15, 0.2) is 0 Å². The molecular formula is C18H13ClFNO4. The van der Waals surface area contributed by atoms with Gasteiger partial charge in [-0.3, -0.25) is 14.5 Å². The van der Waals surface area contributed by atoms with Gasteiger partial charge in [-0.25, -0.2) is 9.18 Å². The van der Waals surface area contributed by atoms with Gasteiger partial charge >= 0.3 is 5.97 Å². The van der Waals surface area contributed by atoms with Crippen molar-refractivity contribution in [3.8, 4) is 0 Å². The molecule has 0 unspecified atom stereocenters. The Morgan fingerprint density at radius 1 is 1.08 bits per heavy atom. The number of anilines is 1. The van der Waals surface area contributed by atoms with Gasteiger partial charge in [-0.05, 0) is 36.4 Å². The van der Waals surface area contributed by atoms with E-state index < -0.39 is 11.8 Å². The van der Waals surface area contributed by atoms with Crippen LogP contribution in [0.3, 0.4) is 0 Å². The van der Waals surface area contributed by atoms with Gasteiger partial charge in [0, 0.05) is 18.4 Å². The lowest BCUT2D eigenvalue weighted by atomic mass is 10.2. The van der Waals surface area contributed by atoms with Crippen LogP contribution in [0.1, 0.15) is 28.8 Å². The summed E-state index contributed by atoms with van der Waals surface area (Å²) in [6.45, 7) is -0.0944. The van der Waals surface area contributed by atoms with Gasteiger partial charge in [0.25, 0.3) is 0 Å². The zero-order valence-electron chi connectivity index (χ0n) is 13.0. The van der Waals surface area contributed by atoms with Gasteiger partial charge in [0.2, 0.25) is 11.8 Å². The zero-order chi connectivity index (χ0) is 18.0. The summed E-state index contributed by atoms with van der Waals surface area (Å²) in [5.41, 5.74) is 1.17. The number of nitrogens with zero attached hydrogens (tertiary/aromatic N) is 1. The van der Waals surface area contributed by atoms with Gasteiger partial charge < -0.3 is 4.74 Å². The number of carbonyl (C=O) groups is 3. The quantitative estimate of drug-likeness (QED) is 0.617. The van der Waals surface area contributed by atoms with Crippen LogP contribution in [0, 0.1) is 5.82 Å². The number of halogens is 2. The summed E-state index contributed by atoms with van der Waals surface area (Å²) in [4.78, 5) is 36.6. The fourth-order valence-electron chi connectivity index (χ4n) is 2.48. The summed E-state index contributed by atoms with van der Waals surface area (Å²) in [5.74, 6) is -1.58. The van der Waals surface area contributed by atoms with Crippen LogP contribution in [0.2, 0.25) is 5.02 Å². The first kappa shape index (κ1) is 17.1. The summed E-state index contributed by atoms with van der Waals surface area (Å²) in [6, 6.07) is 9.80. The topological polar surface area (TPSA) is 63.7 Å². The van der Waals surface area contributed by atoms with E-state index in [9.17, 15) is 18.8 Å². The fraction of sp³-hybridized carbons (Fsp3) is 0.167. The van der Waals surface area contributed by atoms with Crippen molar-refractivity contribution in [3.63, 3.8) is 0 Å². The molecule has 0 N–H and O–H groups in total. The molecule has 1 aliphatic heterocycles. The number of amides is 2. The Hall–Kier alpha value is -2.73. The first-order valence-corrected chi connectivity index (χ1v) is 7.90. The van der Waals surface area contributed by atoms with Crippen LogP contribution < -0.4 is 4.90 Å². The minimum Gasteiger partial charge on any atom is -0.457 e. The molecule has 7 heteroatoms. The number of esters is 1. The van der Waals surface area contributed by atoms with Gasteiger partial charge in [0.05, 0.1) is 16.3 Å². The smallest absolute Gasteiger partial charge is 0.338 e. The molecule has 1 heterocycles. The summed E-state index contributed by atoms with van der Waals surface area (Å²) in [7, 11) is 0. The fourth-order valence-corrected chi connectivity index (χ4v) is 2.70. The van der Waals surface area contributed by atoms with E-state index in [4.69, 9.17) is 16.3 Å². The third-order valence-corrected chi connectivity index (χ3v) is 4.14. The molecular weight excluding hydrogens is 349 g/mol. The van der Waals surface area contributed by atoms with Crippen LogP contribution in [-0.2, 0) is 20.9 Å². The zero-order valence-corrected chi connectivity index (χ0v) is 13.8. The van der Waals surface area contributed by atoms with Crippen LogP contribution >= 0.6 is 11.6 Å². The SMILES string of the molecule is O=C(OCc1ccc(F)cc1Cl)c1ccc(N2C(=O)CCC2=O)cc1. The highest BCUT2D eigenvalue weighted by Gasteiger charge is 2.30. The molecule has 2 aromatic rings. The second kappa shape index (κ2) is 7.03. The predicted molar refractivity (Wildman–Crippen MR) is 88.7 cm³/mol. The molecule has 3 rings (SSSR count). The molecule has 0 saturated carbocycles. The minimum atomic E-state index is -0.592. The predicted octanol–water partition coefficient (Wildman–Crippen LogP) is 3.49. The number of hydrogen-bond donors (Lipinski definition) is 0. The molecule has 1 fully saturated rings. The Morgan fingerprint density at radius 3 is 2.32 bits per heavy atom. The van der Waals surface area contributed by atoms with Crippen molar-refractivity contribution in [1.29, 1.82) is 0 Å². The van der Waals surface area contributed by atoms with Gasteiger partial charge in [-0.1, -0.05) is 17.7 Å². The highest BCUT2D eigenvalue weighted by molar-refractivity contribution is 6.31. The van der Waals surface area contributed by atoms with E-state index in [1.807, 2.05) is 0 Å². The van der Waals surface area contributed by atoms with E-state index in [1.54, 1.807) is 0 Å². The number of imide groups is 1. The number of ether oxygens (including phenoxy) is 1. The van der Waals surface area contributed by atoms with Crippen molar-refractivity contribution in [2.24, 2.45) is 0 Å². The summed E-state index contributed by atoms with van der Waals surface area (Å²) in [5, 5.41) is 0.175.